The molecule has 1 aromatic rings. The second-order valence-electron chi connectivity index (χ2n) is 5.56. The molecule has 92 valence electrons. The molecule has 0 radical (unpaired) electrons. The Morgan fingerprint density at radius 2 is 1.94 bits per heavy atom. The van der Waals surface area contributed by atoms with E-state index in [-0.39, 0.29) is 0 Å². The zero-order valence-electron chi connectivity index (χ0n) is 10.6. The van der Waals surface area contributed by atoms with Gasteiger partial charge in [0, 0.05) is 30.6 Å². The van der Waals surface area contributed by atoms with Gasteiger partial charge < -0.3 is 9.64 Å². The number of anilines is 1. The van der Waals surface area contributed by atoms with Crippen molar-refractivity contribution < 1.29 is 4.74 Å². The van der Waals surface area contributed by atoms with Gasteiger partial charge in [0.2, 0.25) is 0 Å². The summed E-state index contributed by atoms with van der Waals surface area (Å²) in [5.41, 5.74) is 2.44. The molecule has 3 nitrogen and oxygen atoms in total. The molecular weight excluding hydrogens is 212 g/mol. The van der Waals surface area contributed by atoms with Crippen molar-refractivity contribution in [1.29, 1.82) is 0 Å². The van der Waals surface area contributed by atoms with Gasteiger partial charge in [-0.3, -0.25) is 4.98 Å². The molecule has 0 spiro atoms. The summed E-state index contributed by atoms with van der Waals surface area (Å²) in [6.45, 7) is 8.51. The van der Waals surface area contributed by atoms with Gasteiger partial charge in [-0.2, -0.15) is 0 Å². The lowest BCUT2D eigenvalue weighted by molar-refractivity contribution is 0.177. The number of ether oxygens (including phenoxy) is 1. The van der Waals surface area contributed by atoms with Crippen LogP contribution in [-0.2, 0) is 4.74 Å². The van der Waals surface area contributed by atoms with E-state index in [1.165, 1.54) is 11.4 Å². The van der Waals surface area contributed by atoms with Gasteiger partial charge in [0.25, 0.3) is 0 Å². The quantitative estimate of drug-likeness (QED) is 0.782. The van der Waals surface area contributed by atoms with Crippen LogP contribution in [0.2, 0.25) is 0 Å². The van der Waals surface area contributed by atoms with Crippen LogP contribution in [0.3, 0.4) is 0 Å². The summed E-state index contributed by atoms with van der Waals surface area (Å²) in [6, 6.07) is 4.37. The molecule has 3 rings (SSSR count). The van der Waals surface area contributed by atoms with E-state index in [0.29, 0.717) is 5.92 Å². The van der Waals surface area contributed by atoms with Crippen molar-refractivity contribution in [2.75, 3.05) is 31.2 Å². The second-order valence-corrected chi connectivity index (χ2v) is 5.56. The number of rotatable bonds is 2. The molecule has 2 fully saturated rings. The molecule has 2 aliphatic heterocycles. The predicted molar refractivity (Wildman–Crippen MR) is 68.3 cm³/mol. The molecule has 3 heterocycles. The molecule has 2 atom stereocenters. The fourth-order valence-corrected chi connectivity index (χ4v) is 2.82. The zero-order chi connectivity index (χ0) is 11.8. The van der Waals surface area contributed by atoms with E-state index >= 15 is 0 Å². The summed E-state index contributed by atoms with van der Waals surface area (Å²) in [4.78, 5) is 7.00. The Balaban J connectivity index is 1.73. The summed E-state index contributed by atoms with van der Waals surface area (Å²) >= 11 is 0. The van der Waals surface area contributed by atoms with Gasteiger partial charge >= 0.3 is 0 Å². The Labute approximate surface area is 103 Å². The molecule has 0 amide bonds. The minimum atomic E-state index is 0.510. The molecule has 0 aromatic carbocycles. The van der Waals surface area contributed by atoms with Crippen LogP contribution in [-0.4, -0.2) is 31.3 Å². The normalized spacial score (nSPS) is 27.8. The SMILES string of the molecule is CC(C)c1ccc(N2C[C@H]3COC[C@H]3C2)cn1. The number of nitrogens with zero attached hydrogens (tertiary/aromatic N) is 2. The lowest BCUT2D eigenvalue weighted by Crippen LogP contribution is -2.22. The van der Waals surface area contributed by atoms with Crippen molar-refractivity contribution in [3.63, 3.8) is 0 Å². The monoisotopic (exact) mass is 232 g/mol. The van der Waals surface area contributed by atoms with Crippen molar-refractivity contribution in [3.8, 4) is 0 Å². The molecule has 3 heteroatoms. The minimum Gasteiger partial charge on any atom is -0.381 e. The molecule has 0 N–H and O–H groups in total. The lowest BCUT2D eigenvalue weighted by atomic mass is 10.0. The smallest absolute Gasteiger partial charge is 0.0553 e. The van der Waals surface area contributed by atoms with Crippen molar-refractivity contribution >= 4 is 5.69 Å². The highest BCUT2D eigenvalue weighted by atomic mass is 16.5. The maximum absolute atomic E-state index is 5.50. The van der Waals surface area contributed by atoms with Gasteiger partial charge in [-0.15, -0.1) is 0 Å². The molecular formula is C14H20N2O. The highest BCUT2D eigenvalue weighted by Crippen LogP contribution is 2.32. The number of aromatic nitrogens is 1. The van der Waals surface area contributed by atoms with E-state index in [1.54, 1.807) is 0 Å². The summed E-state index contributed by atoms with van der Waals surface area (Å²) < 4.78 is 5.50. The van der Waals surface area contributed by atoms with Crippen LogP contribution < -0.4 is 4.90 Å². The van der Waals surface area contributed by atoms with Crippen molar-refractivity contribution in [1.82, 2.24) is 4.98 Å². The van der Waals surface area contributed by atoms with Crippen molar-refractivity contribution in [2.24, 2.45) is 11.8 Å². The number of hydrogen-bond acceptors (Lipinski definition) is 3. The minimum absolute atomic E-state index is 0.510. The van der Waals surface area contributed by atoms with Crippen LogP contribution in [0, 0.1) is 11.8 Å². The Bertz CT molecular complexity index is 376. The van der Waals surface area contributed by atoms with E-state index in [4.69, 9.17) is 4.74 Å². The first-order valence-corrected chi connectivity index (χ1v) is 6.52. The second kappa shape index (κ2) is 4.30. The third-order valence-corrected chi connectivity index (χ3v) is 3.97. The first-order valence-electron chi connectivity index (χ1n) is 6.52. The highest BCUT2D eigenvalue weighted by molar-refractivity contribution is 5.46. The highest BCUT2D eigenvalue weighted by Gasteiger charge is 2.37. The van der Waals surface area contributed by atoms with Gasteiger partial charge in [-0.1, -0.05) is 13.8 Å². The standard InChI is InChI=1S/C14H20N2O/c1-10(2)14-4-3-13(5-15-14)16-6-11-8-17-9-12(11)7-16/h3-5,10-12H,6-9H2,1-2H3/t11-,12+. The largest absolute Gasteiger partial charge is 0.381 e. The van der Waals surface area contributed by atoms with Gasteiger partial charge in [-0.25, -0.2) is 0 Å². The maximum Gasteiger partial charge on any atom is 0.0553 e. The topological polar surface area (TPSA) is 25.4 Å². The van der Waals surface area contributed by atoms with Crippen LogP contribution in [0.25, 0.3) is 0 Å². The van der Waals surface area contributed by atoms with E-state index in [9.17, 15) is 0 Å². The Morgan fingerprint density at radius 3 is 2.47 bits per heavy atom. The first-order chi connectivity index (χ1) is 8.24. The van der Waals surface area contributed by atoms with Crippen molar-refractivity contribution in [3.05, 3.63) is 24.0 Å². The third-order valence-electron chi connectivity index (χ3n) is 3.97. The first kappa shape index (κ1) is 11.0. The summed E-state index contributed by atoms with van der Waals surface area (Å²) in [6.07, 6.45) is 2.03. The fraction of sp³-hybridized carbons (Fsp3) is 0.643. The van der Waals surface area contributed by atoms with E-state index < -0.39 is 0 Å². The van der Waals surface area contributed by atoms with E-state index in [1.807, 2.05) is 6.20 Å². The molecule has 1 aromatic heterocycles. The predicted octanol–water partition coefficient (Wildman–Crippen LogP) is 2.29. The zero-order valence-corrected chi connectivity index (χ0v) is 10.6. The number of fused-ring (bicyclic) bond motifs is 1. The molecule has 0 unspecified atom stereocenters. The molecule has 17 heavy (non-hydrogen) atoms. The molecule has 2 aliphatic rings. The van der Waals surface area contributed by atoms with Gasteiger partial charge in [0.1, 0.15) is 0 Å². The number of pyridine rings is 1. The maximum atomic E-state index is 5.50. The Hall–Kier alpha value is -1.09. The average molecular weight is 232 g/mol. The van der Waals surface area contributed by atoms with Crippen LogP contribution in [0.5, 0.6) is 0 Å². The Kier molecular flexibility index (Phi) is 2.79. The lowest BCUT2D eigenvalue weighted by Gasteiger charge is -2.19. The Morgan fingerprint density at radius 1 is 1.24 bits per heavy atom. The van der Waals surface area contributed by atoms with E-state index in [0.717, 1.165) is 38.1 Å². The van der Waals surface area contributed by atoms with Crippen molar-refractivity contribution in [2.45, 2.75) is 19.8 Å². The summed E-state index contributed by atoms with van der Waals surface area (Å²) in [7, 11) is 0. The summed E-state index contributed by atoms with van der Waals surface area (Å²) in [5.74, 6) is 1.98. The van der Waals surface area contributed by atoms with Gasteiger partial charge in [0.05, 0.1) is 25.1 Å². The molecule has 2 saturated heterocycles. The third kappa shape index (κ3) is 2.04. The summed E-state index contributed by atoms with van der Waals surface area (Å²) in [5, 5.41) is 0. The van der Waals surface area contributed by atoms with E-state index in [2.05, 4.69) is 35.9 Å². The fourth-order valence-electron chi connectivity index (χ4n) is 2.82. The molecule has 0 aliphatic carbocycles. The molecule has 0 saturated carbocycles. The number of hydrogen-bond donors (Lipinski definition) is 0. The average Bonchev–Trinajstić information content (AvgIpc) is 2.89. The van der Waals surface area contributed by atoms with Gasteiger partial charge in [-0.05, 0) is 18.1 Å². The van der Waals surface area contributed by atoms with Crippen LogP contribution >= 0.6 is 0 Å². The molecule has 0 bridgehead atoms. The van der Waals surface area contributed by atoms with Crippen LogP contribution in [0.4, 0.5) is 5.69 Å². The van der Waals surface area contributed by atoms with Gasteiger partial charge in [0.15, 0.2) is 0 Å². The van der Waals surface area contributed by atoms with Crippen LogP contribution in [0.15, 0.2) is 18.3 Å². The van der Waals surface area contributed by atoms with Crippen LogP contribution in [0.1, 0.15) is 25.5 Å².